The van der Waals surface area contributed by atoms with Crippen LogP contribution in [0, 0.1) is 0 Å². The summed E-state index contributed by atoms with van der Waals surface area (Å²) >= 11 is 0. The molecule has 0 radical (unpaired) electrons. The van der Waals surface area contributed by atoms with E-state index in [1.807, 2.05) is 12.2 Å². The van der Waals surface area contributed by atoms with Crippen LogP contribution >= 0.6 is 0 Å². The first-order valence-electron chi connectivity index (χ1n) is 4.56. The molecule has 0 bridgehead atoms. The van der Waals surface area contributed by atoms with Gasteiger partial charge in [-0.3, -0.25) is 0 Å². The fourth-order valence-corrected chi connectivity index (χ4v) is 1.93. The molecule has 0 aromatic heterocycles. The number of rotatable bonds is 1. The molecule has 0 aromatic carbocycles. The van der Waals surface area contributed by atoms with E-state index in [-0.39, 0.29) is 5.97 Å². The number of esters is 1. The molecule has 70 valence electrons. The van der Waals surface area contributed by atoms with E-state index in [2.05, 4.69) is 4.90 Å². The normalized spacial score (nSPS) is 20.5. The number of carbonyl (C=O) groups is 1. The van der Waals surface area contributed by atoms with E-state index in [0.717, 1.165) is 37.2 Å². The summed E-state index contributed by atoms with van der Waals surface area (Å²) in [5.41, 5.74) is 1.90. The topological polar surface area (TPSA) is 29.5 Å². The van der Waals surface area contributed by atoms with Crippen molar-refractivity contribution in [1.29, 1.82) is 0 Å². The smallest absolute Gasteiger partial charge is 0.339 e. The van der Waals surface area contributed by atoms with E-state index in [0.29, 0.717) is 0 Å². The SMILES string of the molecule is COC(=O)C1=C2CCCN2CC=C1. The summed E-state index contributed by atoms with van der Waals surface area (Å²) < 4.78 is 4.72. The molecule has 3 heteroatoms. The molecule has 0 N–H and O–H groups in total. The molecular formula is C10H13NO2. The molecular weight excluding hydrogens is 166 g/mol. The maximum Gasteiger partial charge on any atom is 0.339 e. The van der Waals surface area contributed by atoms with Crippen LogP contribution in [0.25, 0.3) is 0 Å². The minimum absolute atomic E-state index is 0.210. The van der Waals surface area contributed by atoms with Gasteiger partial charge in [-0.05, 0) is 18.9 Å². The highest BCUT2D eigenvalue weighted by molar-refractivity contribution is 5.92. The Kier molecular flexibility index (Phi) is 2.08. The zero-order valence-electron chi connectivity index (χ0n) is 7.75. The molecule has 0 spiro atoms. The van der Waals surface area contributed by atoms with Gasteiger partial charge in [0, 0.05) is 18.8 Å². The number of methoxy groups -OCH3 is 1. The third kappa shape index (κ3) is 1.34. The van der Waals surface area contributed by atoms with Crippen LogP contribution in [0.3, 0.4) is 0 Å². The second-order valence-corrected chi connectivity index (χ2v) is 3.30. The Balaban J connectivity index is 2.32. The Hall–Kier alpha value is -1.25. The molecule has 0 atom stereocenters. The van der Waals surface area contributed by atoms with Gasteiger partial charge in [-0.1, -0.05) is 6.08 Å². The summed E-state index contributed by atoms with van der Waals surface area (Å²) in [7, 11) is 1.43. The van der Waals surface area contributed by atoms with Gasteiger partial charge in [0.05, 0.1) is 12.7 Å². The van der Waals surface area contributed by atoms with Crippen molar-refractivity contribution >= 4 is 5.97 Å². The number of hydrogen-bond acceptors (Lipinski definition) is 3. The van der Waals surface area contributed by atoms with Gasteiger partial charge < -0.3 is 9.64 Å². The first kappa shape index (κ1) is 8.35. The number of nitrogens with zero attached hydrogens (tertiary/aromatic N) is 1. The maximum absolute atomic E-state index is 11.4. The fraction of sp³-hybridized carbons (Fsp3) is 0.500. The van der Waals surface area contributed by atoms with Gasteiger partial charge in [0.15, 0.2) is 0 Å². The van der Waals surface area contributed by atoms with Crippen LogP contribution in [0.4, 0.5) is 0 Å². The third-order valence-corrected chi connectivity index (χ3v) is 2.55. The van der Waals surface area contributed by atoms with Gasteiger partial charge in [0.1, 0.15) is 0 Å². The van der Waals surface area contributed by atoms with Crippen molar-refractivity contribution in [1.82, 2.24) is 4.90 Å². The molecule has 0 saturated carbocycles. The Morgan fingerprint density at radius 2 is 2.46 bits per heavy atom. The zero-order chi connectivity index (χ0) is 9.26. The summed E-state index contributed by atoms with van der Waals surface area (Å²) in [5, 5.41) is 0. The van der Waals surface area contributed by atoms with Crippen molar-refractivity contribution in [2.75, 3.05) is 20.2 Å². The van der Waals surface area contributed by atoms with Crippen molar-refractivity contribution in [3.05, 3.63) is 23.4 Å². The van der Waals surface area contributed by atoms with Crippen LogP contribution < -0.4 is 0 Å². The Morgan fingerprint density at radius 1 is 1.62 bits per heavy atom. The lowest BCUT2D eigenvalue weighted by atomic mass is 10.1. The fourth-order valence-electron chi connectivity index (χ4n) is 1.93. The summed E-state index contributed by atoms with van der Waals surface area (Å²) in [5.74, 6) is -0.210. The van der Waals surface area contributed by atoms with Gasteiger partial charge in [-0.15, -0.1) is 0 Å². The second-order valence-electron chi connectivity index (χ2n) is 3.30. The van der Waals surface area contributed by atoms with E-state index in [1.54, 1.807) is 0 Å². The molecule has 13 heavy (non-hydrogen) atoms. The second kappa shape index (κ2) is 3.24. The van der Waals surface area contributed by atoms with Crippen LogP contribution in [0.1, 0.15) is 12.8 Å². The van der Waals surface area contributed by atoms with Crippen LogP contribution in [0.2, 0.25) is 0 Å². The number of ether oxygens (including phenoxy) is 1. The van der Waals surface area contributed by atoms with Crippen molar-refractivity contribution in [2.24, 2.45) is 0 Å². The van der Waals surface area contributed by atoms with Gasteiger partial charge in [0.2, 0.25) is 0 Å². The quantitative estimate of drug-likeness (QED) is 0.564. The van der Waals surface area contributed by atoms with Crippen LogP contribution in [-0.2, 0) is 9.53 Å². The molecule has 2 aliphatic heterocycles. The lowest BCUT2D eigenvalue weighted by molar-refractivity contribution is -0.135. The minimum atomic E-state index is -0.210. The lowest BCUT2D eigenvalue weighted by Gasteiger charge is -2.23. The highest BCUT2D eigenvalue weighted by Gasteiger charge is 2.25. The monoisotopic (exact) mass is 179 g/mol. The van der Waals surface area contributed by atoms with E-state index in [9.17, 15) is 4.79 Å². The molecule has 2 rings (SSSR count). The Labute approximate surface area is 77.7 Å². The van der Waals surface area contributed by atoms with Gasteiger partial charge in [0.25, 0.3) is 0 Å². The van der Waals surface area contributed by atoms with E-state index in [4.69, 9.17) is 4.74 Å². The van der Waals surface area contributed by atoms with Crippen molar-refractivity contribution in [3.63, 3.8) is 0 Å². The minimum Gasteiger partial charge on any atom is -0.465 e. The molecule has 2 heterocycles. The molecule has 0 unspecified atom stereocenters. The summed E-state index contributed by atoms with van der Waals surface area (Å²) in [6.45, 7) is 2.01. The first-order valence-corrected chi connectivity index (χ1v) is 4.56. The summed E-state index contributed by atoms with van der Waals surface area (Å²) in [4.78, 5) is 13.6. The molecule has 0 amide bonds. The van der Waals surface area contributed by atoms with Crippen LogP contribution in [0.5, 0.6) is 0 Å². The Morgan fingerprint density at radius 3 is 3.23 bits per heavy atom. The first-order chi connectivity index (χ1) is 6.33. The van der Waals surface area contributed by atoms with E-state index in [1.165, 1.54) is 7.11 Å². The predicted molar refractivity (Wildman–Crippen MR) is 49.0 cm³/mol. The van der Waals surface area contributed by atoms with Gasteiger partial charge in [-0.2, -0.15) is 0 Å². The molecule has 2 aliphatic rings. The van der Waals surface area contributed by atoms with Crippen LogP contribution in [0.15, 0.2) is 23.4 Å². The van der Waals surface area contributed by atoms with Crippen molar-refractivity contribution in [3.8, 4) is 0 Å². The standard InChI is InChI=1S/C10H13NO2/c1-13-10(12)8-4-2-6-11-7-3-5-9(8)11/h2,4H,3,5-7H2,1H3. The predicted octanol–water partition coefficient (Wildman–Crippen LogP) is 1.08. The highest BCUT2D eigenvalue weighted by atomic mass is 16.5. The van der Waals surface area contributed by atoms with Gasteiger partial charge in [-0.25, -0.2) is 4.79 Å². The molecule has 1 fully saturated rings. The van der Waals surface area contributed by atoms with Gasteiger partial charge >= 0.3 is 5.97 Å². The average molecular weight is 179 g/mol. The largest absolute Gasteiger partial charge is 0.465 e. The highest BCUT2D eigenvalue weighted by Crippen LogP contribution is 2.27. The van der Waals surface area contributed by atoms with E-state index < -0.39 is 0 Å². The number of carbonyl (C=O) groups excluding carboxylic acids is 1. The Bertz CT molecular complexity index is 291. The summed E-state index contributed by atoms with van der Waals surface area (Å²) in [6, 6.07) is 0. The zero-order valence-corrected chi connectivity index (χ0v) is 7.75. The third-order valence-electron chi connectivity index (χ3n) is 2.55. The van der Waals surface area contributed by atoms with Crippen molar-refractivity contribution < 1.29 is 9.53 Å². The lowest BCUT2D eigenvalue weighted by Crippen LogP contribution is -2.23. The maximum atomic E-state index is 11.4. The number of fused-ring (bicyclic) bond motifs is 1. The summed E-state index contributed by atoms with van der Waals surface area (Å²) in [6.07, 6.45) is 6.05. The molecule has 3 nitrogen and oxygen atoms in total. The average Bonchev–Trinajstić information content (AvgIpc) is 2.63. The molecule has 0 aromatic rings. The molecule has 1 saturated heterocycles. The number of hydrogen-bond donors (Lipinski definition) is 0. The van der Waals surface area contributed by atoms with Crippen molar-refractivity contribution in [2.45, 2.75) is 12.8 Å². The van der Waals surface area contributed by atoms with E-state index >= 15 is 0 Å². The van der Waals surface area contributed by atoms with Crippen LogP contribution in [-0.4, -0.2) is 31.1 Å². The molecule has 0 aliphatic carbocycles. The number of allylic oxidation sites excluding steroid dienone is 1.